The average molecular weight is 326 g/mol. The Hall–Kier alpha value is -3.23. The Morgan fingerprint density at radius 1 is 1.38 bits per heavy atom. The van der Waals surface area contributed by atoms with Crippen molar-refractivity contribution < 1.29 is 4.79 Å². The van der Waals surface area contributed by atoms with E-state index in [9.17, 15) is 4.79 Å². The van der Waals surface area contributed by atoms with Gasteiger partial charge in [0.2, 0.25) is 5.95 Å². The maximum absolute atomic E-state index is 12.0. The van der Waals surface area contributed by atoms with Gasteiger partial charge in [0.15, 0.2) is 0 Å². The summed E-state index contributed by atoms with van der Waals surface area (Å²) >= 11 is 0. The first kappa shape index (κ1) is 15.7. The summed E-state index contributed by atoms with van der Waals surface area (Å²) in [5, 5.41) is 16.8. The molecule has 0 fully saturated rings. The van der Waals surface area contributed by atoms with E-state index in [2.05, 4.69) is 35.9 Å². The maximum atomic E-state index is 12.0. The summed E-state index contributed by atoms with van der Waals surface area (Å²) in [6.07, 6.45) is 7.09. The Balaban J connectivity index is 1.54. The van der Waals surface area contributed by atoms with Crippen molar-refractivity contribution in [1.82, 2.24) is 35.3 Å². The summed E-state index contributed by atoms with van der Waals surface area (Å²) in [4.78, 5) is 20.2. The first-order valence-corrected chi connectivity index (χ1v) is 7.50. The fraction of sp³-hybridized carbons (Fsp3) is 0.267. The second-order valence-corrected chi connectivity index (χ2v) is 5.47. The molecule has 0 saturated carbocycles. The number of aromatic amines is 1. The Morgan fingerprint density at radius 3 is 2.88 bits per heavy atom. The van der Waals surface area contributed by atoms with Gasteiger partial charge in [-0.05, 0) is 26.0 Å². The molecule has 3 N–H and O–H groups in total. The van der Waals surface area contributed by atoms with Gasteiger partial charge in [-0.1, -0.05) is 0 Å². The molecule has 0 saturated heterocycles. The zero-order chi connectivity index (χ0) is 16.9. The molecular weight excluding hydrogens is 308 g/mol. The standard InChI is InChI=1S/C15H18N8O/c1-10(6-12-7-11(2)21-22-12)19-15(24)20-13-8-18-23(9-13)14-16-4-3-5-17-14/h3-5,7-10H,6H2,1-2H3,(H,21,22)(H2,19,20,24)/t10-/m1/s1. The highest BCUT2D eigenvalue weighted by atomic mass is 16.2. The zero-order valence-electron chi connectivity index (χ0n) is 13.4. The lowest BCUT2D eigenvalue weighted by molar-refractivity contribution is 0.249. The minimum absolute atomic E-state index is 0.0554. The summed E-state index contributed by atoms with van der Waals surface area (Å²) in [5.74, 6) is 0.438. The highest BCUT2D eigenvalue weighted by Gasteiger charge is 2.11. The molecule has 0 aromatic carbocycles. The Morgan fingerprint density at radius 2 is 2.17 bits per heavy atom. The molecule has 0 bridgehead atoms. The first-order chi connectivity index (χ1) is 11.6. The van der Waals surface area contributed by atoms with Gasteiger partial charge >= 0.3 is 6.03 Å². The van der Waals surface area contributed by atoms with Crippen LogP contribution in [0.2, 0.25) is 0 Å². The molecule has 0 radical (unpaired) electrons. The van der Waals surface area contributed by atoms with Crippen LogP contribution in [0, 0.1) is 6.92 Å². The van der Waals surface area contributed by atoms with Crippen LogP contribution >= 0.6 is 0 Å². The van der Waals surface area contributed by atoms with Crippen molar-refractivity contribution in [2.45, 2.75) is 26.3 Å². The number of hydrogen-bond donors (Lipinski definition) is 3. The summed E-state index contributed by atoms with van der Waals surface area (Å²) < 4.78 is 1.49. The van der Waals surface area contributed by atoms with Crippen LogP contribution in [0.25, 0.3) is 5.95 Å². The van der Waals surface area contributed by atoms with E-state index in [1.807, 2.05) is 19.9 Å². The monoisotopic (exact) mass is 326 g/mol. The van der Waals surface area contributed by atoms with Gasteiger partial charge < -0.3 is 10.6 Å². The van der Waals surface area contributed by atoms with Gasteiger partial charge in [0, 0.05) is 30.6 Å². The summed E-state index contributed by atoms with van der Waals surface area (Å²) in [6.45, 7) is 3.86. The van der Waals surface area contributed by atoms with Gasteiger partial charge in [-0.3, -0.25) is 5.10 Å². The lowest BCUT2D eigenvalue weighted by atomic mass is 10.2. The van der Waals surface area contributed by atoms with Gasteiger partial charge in [0.1, 0.15) is 0 Å². The number of urea groups is 1. The number of aryl methyl sites for hydroxylation is 1. The topological polar surface area (TPSA) is 113 Å². The zero-order valence-corrected chi connectivity index (χ0v) is 13.4. The van der Waals surface area contributed by atoms with Gasteiger partial charge in [-0.2, -0.15) is 10.2 Å². The molecule has 1 atom stereocenters. The van der Waals surface area contributed by atoms with Gasteiger partial charge in [0.25, 0.3) is 0 Å². The number of anilines is 1. The minimum atomic E-state index is -0.303. The van der Waals surface area contributed by atoms with Crippen LogP contribution < -0.4 is 10.6 Å². The van der Waals surface area contributed by atoms with Gasteiger partial charge in [-0.15, -0.1) is 0 Å². The maximum Gasteiger partial charge on any atom is 0.319 e. The lowest BCUT2D eigenvalue weighted by Crippen LogP contribution is -2.37. The molecule has 3 rings (SSSR count). The quantitative estimate of drug-likeness (QED) is 0.656. The molecule has 0 aliphatic heterocycles. The molecule has 0 spiro atoms. The Kier molecular flexibility index (Phi) is 4.50. The Bertz CT molecular complexity index is 810. The van der Waals surface area contributed by atoms with Crippen molar-refractivity contribution in [2.24, 2.45) is 0 Å². The second-order valence-electron chi connectivity index (χ2n) is 5.47. The number of rotatable bonds is 5. The third kappa shape index (κ3) is 3.94. The molecule has 3 heterocycles. The molecule has 124 valence electrons. The van der Waals surface area contributed by atoms with Crippen LogP contribution in [0.4, 0.5) is 10.5 Å². The molecule has 9 heteroatoms. The van der Waals surface area contributed by atoms with Crippen LogP contribution in [0.3, 0.4) is 0 Å². The van der Waals surface area contributed by atoms with E-state index in [0.717, 1.165) is 11.4 Å². The predicted octanol–water partition coefficient (Wildman–Crippen LogP) is 1.45. The SMILES string of the molecule is Cc1cc(C[C@@H](C)NC(=O)Nc2cnn(-c3ncccn3)c2)n[nH]1. The first-order valence-electron chi connectivity index (χ1n) is 7.50. The van der Waals surface area contributed by atoms with Crippen LogP contribution in [0.15, 0.2) is 36.9 Å². The second kappa shape index (κ2) is 6.90. The van der Waals surface area contributed by atoms with E-state index >= 15 is 0 Å². The largest absolute Gasteiger partial charge is 0.335 e. The lowest BCUT2D eigenvalue weighted by Gasteiger charge is -2.12. The van der Waals surface area contributed by atoms with Crippen molar-refractivity contribution in [3.8, 4) is 5.95 Å². The number of amides is 2. The molecule has 0 aliphatic carbocycles. The normalized spacial score (nSPS) is 11.9. The van der Waals surface area contributed by atoms with Gasteiger partial charge in [0.05, 0.1) is 23.8 Å². The number of carbonyl (C=O) groups excluding carboxylic acids is 1. The van der Waals surface area contributed by atoms with Crippen molar-refractivity contribution in [3.63, 3.8) is 0 Å². The minimum Gasteiger partial charge on any atom is -0.335 e. The number of nitrogens with one attached hydrogen (secondary N) is 3. The predicted molar refractivity (Wildman–Crippen MR) is 87.8 cm³/mol. The van der Waals surface area contributed by atoms with Crippen LogP contribution in [-0.2, 0) is 6.42 Å². The average Bonchev–Trinajstić information content (AvgIpc) is 3.17. The molecule has 3 aromatic heterocycles. The van der Waals surface area contributed by atoms with Crippen molar-refractivity contribution in [1.29, 1.82) is 0 Å². The molecular formula is C15H18N8O. The molecule has 9 nitrogen and oxygen atoms in total. The molecule has 0 aliphatic rings. The summed E-state index contributed by atoms with van der Waals surface area (Å²) in [5.41, 5.74) is 2.47. The van der Waals surface area contributed by atoms with E-state index in [0.29, 0.717) is 18.1 Å². The van der Waals surface area contributed by atoms with E-state index in [1.165, 1.54) is 10.9 Å². The molecule has 3 aromatic rings. The highest BCUT2D eigenvalue weighted by molar-refractivity contribution is 5.89. The van der Waals surface area contributed by atoms with E-state index in [4.69, 9.17) is 0 Å². The number of carbonyl (C=O) groups is 1. The van der Waals surface area contributed by atoms with Crippen LogP contribution in [0.5, 0.6) is 0 Å². The van der Waals surface area contributed by atoms with Gasteiger partial charge in [-0.25, -0.2) is 19.4 Å². The third-order valence-electron chi connectivity index (χ3n) is 3.25. The Labute approximate surface area is 138 Å². The van der Waals surface area contributed by atoms with Crippen molar-refractivity contribution in [3.05, 3.63) is 48.3 Å². The number of nitrogens with zero attached hydrogens (tertiary/aromatic N) is 5. The van der Waals surface area contributed by atoms with E-state index < -0.39 is 0 Å². The summed E-state index contributed by atoms with van der Waals surface area (Å²) in [7, 11) is 0. The summed E-state index contributed by atoms with van der Waals surface area (Å²) in [6, 6.07) is 3.32. The highest BCUT2D eigenvalue weighted by Crippen LogP contribution is 2.08. The molecule has 0 unspecified atom stereocenters. The smallest absolute Gasteiger partial charge is 0.319 e. The van der Waals surface area contributed by atoms with Crippen molar-refractivity contribution >= 4 is 11.7 Å². The number of hydrogen-bond acceptors (Lipinski definition) is 5. The van der Waals surface area contributed by atoms with Crippen molar-refractivity contribution in [2.75, 3.05) is 5.32 Å². The fourth-order valence-corrected chi connectivity index (χ4v) is 2.24. The van der Waals surface area contributed by atoms with E-state index in [1.54, 1.807) is 24.7 Å². The third-order valence-corrected chi connectivity index (χ3v) is 3.25. The fourth-order valence-electron chi connectivity index (χ4n) is 2.24. The van der Waals surface area contributed by atoms with E-state index in [-0.39, 0.29) is 12.1 Å². The van der Waals surface area contributed by atoms with Crippen LogP contribution in [-0.4, -0.2) is 42.0 Å². The molecule has 24 heavy (non-hydrogen) atoms. The molecule has 2 amide bonds. The number of aromatic nitrogens is 6. The number of H-pyrrole nitrogens is 1. The van der Waals surface area contributed by atoms with Crippen LogP contribution in [0.1, 0.15) is 18.3 Å².